The van der Waals surface area contributed by atoms with Crippen LogP contribution in [-0.2, 0) is 11.2 Å². The van der Waals surface area contributed by atoms with Crippen LogP contribution in [-0.4, -0.2) is 23.5 Å². The zero-order valence-electron chi connectivity index (χ0n) is 19.5. The smallest absolute Gasteiger partial charge is 0.303 e. The molecule has 0 amide bonds. The minimum atomic E-state index is -0.732. The molecular weight excluding hydrogens is 459 g/mol. The highest BCUT2D eigenvalue weighted by Crippen LogP contribution is 2.52. The molecule has 0 saturated heterocycles. The summed E-state index contributed by atoms with van der Waals surface area (Å²) in [6.07, 6.45) is 15.0. The number of carboxylic acids is 1. The highest BCUT2D eigenvalue weighted by Gasteiger charge is 2.48. The number of benzene rings is 1. The average Bonchev–Trinajstić information content (AvgIpc) is 3.70. The molecule has 3 aliphatic carbocycles. The van der Waals surface area contributed by atoms with E-state index in [0.717, 1.165) is 81.6 Å². The standard InChI is InChI=1S/C27H36Cl2O4/c28-24-21(33-15-5-3-1-2-4-6-22(30)31)16-20-17-27(13-11-18-7-8-18,14-12-19-9-10-19)26(32)23(20)25(24)29/h16,18-19H,1-15,17H2,(H,30,31). The summed E-state index contributed by atoms with van der Waals surface area (Å²) in [5.74, 6) is 1.67. The summed E-state index contributed by atoms with van der Waals surface area (Å²) in [6.45, 7) is 0.538. The third kappa shape index (κ3) is 6.45. The number of rotatable bonds is 15. The number of hydrogen-bond donors (Lipinski definition) is 1. The minimum Gasteiger partial charge on any atom is -0.492 e. The molecule has 182 valence electrons. The van der Waals surface area contributed by atoms with Crippen LogP contribution in [0.3, 0.4) is 0 Å². The zero-order chi connectivity index (χ0) is 23.4. The molecule has 2 saturated carbocycles. The number of halogens is 2. The molecule has 6 heteroatoms. The minimum absolute atomic E-state index is 0.207. The molecule has 0 unspecified atom stereocenters. The third-order valence-electron chi connectivity index (χ3n) is 7.74. The summed E-state index contributed by atoms with van der Waals surface area (Å²) in [5, 5.41) is 9.41. The predicted molar refractivity (Wildman–Crippen MR) is 132 cm³/mol. The van der Waals surface area contributed by atoms with E-state index in [2.05, 4.69) is 0 Å². The van der Waals surface area contributed by atoms with Gasteiger partial charge in [-0.1, -0.05) is 68.1 Å². The van der Waals surface area contributed by atoms with E-state index in [0.29, 0.717) is 28.0 Å². The Kier molecular flexibility index (Phi) is 8.28. The molecule has 33 heavy (non-hydrogen) atoms. The molecule has 1 aromatic rings. The second kappa shape index (κ2) is 11.0. The Labute approximate surface area is 207 Å². The lowest BCUT2D eigenvalue weighted by Gasteiger charge is -2.27. The van der Waals surface area contributed by atoms with Crippen LogP contribution < -0.4 is 4.74 Å². The highest BCUT2D eigenvalue weighted by atomic mass is 35.5. The van der Waals surface area contributed by atoms with Gasteiger partial charge in [-0.05, 0) is 68.4 Å². The van der Waals surface area contributed by atoms with E-state index in [4.69, 9.17) is 33.0 Å². The van der Waals surface area contributed by atoms with Crippen molar-refractivity contribution in [3.63, 3.8) is 0 Å². The van der Waals surface area contributed by atoms with Crippen LogP contribution in [0.5, 0.6) is 5.75 Å². The van der Waals surface area contributed by atoms with Gasteiger partial charge in [0.2, 0.25) is 0 Å². The summed E-state index contributed by atoms with van der Waals surface area (Å²) < 4.78 is 5.99. The van der Waals surface area contributed by atoms with Crippen molar-refractivity contribution in [3.05, 3.63) is 27.2 Å². The maximum atomic E-state index is 13.7. The van der Waals surface area contributed by atoms with E-state index >= 15 is 0 Å². The molecule has 0 aromatic heterocycles. The highest BCUT2D eigenvalue weighted by molar-refractivity contribution is 6.45. The molecule has 0 heterocycles. The molecular formula is C27H36Cl2O4. The van der Waals surface area contributed by atoms with Gasteiger partial charge in [-0.25, -0.2) is 0 Å². The number of carbonyl (C=O) groups is 2. The number of fused-ring (bicyclic) bond motifs is 1. The quantitative estimate of drug-likeness (QED) is 0.251. The van der Waals surface area contributed by atoms with Gasteiger partial charge in [-0.3, -0.25) is 9.59 Å². The summed E-state index contributed by atoms with van der Waals surface area (Å²) in [5.41, 5.74) is 1.33. The first-order chi connectivity index (χ1) is 15.9. The monoisotopic (exact) mass is 494 g/mol. The summed E-state index contributed by atoms with van der Waals surface area (Å²) in [7, 11) is 0. The van der Waals surface area contributed by atoms with Crippen LogP contribution >= 0.6 is 23.2 Å². The van der Waals surface area contributed by atoms with Crippen LogP contribution in [0.25, 0.3) is 0 Å². The van der Waals surface area contributed by atoms with Crippen molar-refractivity contribution in [1.82, 2.24) is 0 Å². The Morgan fingerprint density at radius 1 is 0.970 bits per heavy atom. The molecule has 0 radical (unpaired) electrons. The summed E-state index contributed by atoms with van der Waals surface area (Å²) >= 11 is 13.2. The number of carbonyl (C=O) groups excluding carboxylic acids is 1. The molecule has 4 rings (SSSR count). The molecule has 0 spiro atoms. The van der Waals surface area contributed by atoms with E-state index in [1.165, 1.54) is 25.7 Å². The second-order valence-corrected chi connectivity index (χ2v) is 11.3. The summed E-state index contributed by atoms with van der Waals surface area (Å²) in [4.78, 5) is 24.2. The van der Waals surface area contributed by atoms with Crippen LogP contribution in [0, 0.1) is 17.3 Å². The van der Waals surface area contributed by atoms with Crippen molar-refractivity contribution in [3.8, 4) is 5.75 Å². The van der Waals surface area contributed by atoms with Crippen LogP contribution in [0.2, 0.25) is 10.0 Å². The van der Waals surface area contributed by atoms with Crippen LogP contribution in [0.4, 0.5) is 0 Å². The Morgan fingerprint density at radius 2 is 1.58 bits per heavy atom. The van der Waals surface area contributed by atoms with Crippen molar-refractivity contribution in [2.24, 2.45) is 17.3 Å². The van der Waals surface area contributed by atoms with E-state index < -0.39 is 5.97 Å². The Bertz CT molecular complexity index is 857. The lowest BCUT2D eigenvalue weighted by atomic mass is 9.74. The Balaban J connectivity index is 1.36. The van der Waals surface area contributed by atoms with Crippen molar-refractivity contribution >= 4 is 35.0 Å². The molecule has 1 N–H and O–H groups in total. The van der Waals surface area contributed by atoms with Gasteiger partial charge < -0.3 is 9.84 Å². The van der Waals surface area contributed by atoms with Gasteiger partial charge in [0.05, 0.1) is 11.6 Å². The van der Waals surface area contributed by atoms with Gasteiger partial charge in [0.25, 0.3) is 0 Å². The number of Topliss-reactive ketones (excluding diaryl/α,β-unsaturated/α-hetero) is 1. The van der Waals surface area contributed by atoms with E-state index in [1.807, 2.05) is 6.07 Å². The third-order valence-corrected chi connectivity index (χ3v) is 8.59. The van der Waals surface area contributed by atoms with Gasteiger partial charge in [0.1, 0.15) is 10.8 Å². The van der Waals surface area contributed by atoms with Gasteiger partial charge >= 0.3 is 5.97 Å². The molecule has 0 bridgehead atoms. The molecule has 0 aliphatic heterocycles. The SMILES string of the molecule is O=C(O)CCCCCCCOc1cc2c(c(Cl)c1Cl)C(=O)C(CCC1CC1)(CCC1CC1)C2. The number of unbranched alkanes of at least 4 members (excludes halogenated alkanes) is 4. The number of ketones is 1. The Hall–Kier alpha value is -1.26. The molecule has 0 atom stereocenters. The predicted octanol–water partition coefficient (Wildman–Crippen LogP) is 7.90. The maximum absolute atomic E-state index is 13.7. The first-order valence-corrected chi connectivity index (χ1v) is 13.6. The second-order valence-electron chi connectivity index (χ2n) is 10.5. The number of carboxylic acid groups (broad SMARTS) is 1. The van der Waals surface area contributed by atoms with Crippen LogP contribution in [0.15, 0.2) is 6.07 Å². The van der Waals surface area contributed by atoms with Gasteiger partial charge in [-0.15, -0.1) is 0 Å². The lowest BCUT2D eigenvalue weighted by Crippen LogP contribution is -2.28. The lowest BCUT2D eigenvalue weighted by molar-refractivity contribution is -0.137. The van der Waals surface area contributed by atoms with Crippen molar-refractivity contribution in [2.45, 2.75) is 96.3 Å². The van der Waals surface area contributed by atoms with Crippen molar-refractivity contribution in [1.29, 1.82) is 0 Å². The van der Waals surface area contributed by atoms with E-state index in [1.54, 1.807) is 0 Å². The van der Waals surface area contributed by atoms with Gasteiger partial charge in [0.15, 0.2) is 5.78 Å². The average molecular weight is 495 g/mol. The van der Waals surface area contributed by atoms with Crippen molar-refractivity contribution < 1.29 is 19.4 Å². The largest absolute Gasteiger partial charge is 0.492 e. The molecule has 4 nitrogen and oxygen atoms in total. The van der Waals surface area contributed by atoms with Crippen LogP contribution in [0.1, 0.15) is 106 Å². The fraction of sp³-hybridized carbons (Fsp3) is 0.704. The molecule has 3 aliphatic rings. The number of ether oxygens (including phenoxy) is 1. The van der Waals surface area contributed by atoms with E-state index in [9.17, 15) is 9.59 Å². The first kappa shape index (κ1) is 24.9. The van der Waals surface area contributed by atoms with Gasteiger partial charge in [-0.2, -0.15) is 0 Å². The van der Waals surface area contributed by atoms with Crippen molar-refractivity contribution in [2.75, 3.05) is 6.61 Å². The fourth-order valence-electron chi connectivity index (χ4n) is 5.25. The summed E-state index contributed by atoms with van der Waals surface area (Å²) in [6, 6.07) is 1.96. The number of aliphatic carboxylic acids is 1. The number of hydrogen-bond acceptors (Lipinski definition) is 3. The normalized spacial score (nSPS) is 19.0. The first-order valence-electron chi connectivity index (χ1n) is 12.8. The molecule has 1 aromatic carbocycles. The fourth-order valence-corrected chi connectivity index (χ4v) is 5.75. The maximum Gasteiger partial charge on any atom is 0.303 e. The zero-order valence-corrected chi connectivity index (χ0v) is 21.0. The topological polar surface area (TPSA) is 63.6 Å². The van der Waals surface area contributed by atoms with E-state index in [-0.39, 0.29) is 17.6 Å². The molecule has 2 fully saturated rings. The van der Waals surface area contributed by atoms with Gasteiger partial charge in [0, 0.05) is 17.4 Å². The Morgan fingerprint density at radius 3 is 2.18 bits per heavy atom.